The lowest BCUT2D eigenvalue weighted by molar-refractivity contribution is -0.133. The number of hydrogen-bond acceptors (Lipinski definition) is 5. The summed E-state index contributed by atoms with van der Waals surface area (Å²) in [6.45, 7) is 0.647. The molecule has 0 bridgehead atoms. The lowest BCUT2D eigenvalue weighted by atomic mass is 10.2. The summed E-state index contributed by atoms with van der Waals surface area (Å²) in [5.41, 5.74) is 2.46. The van der Waals surface area contributed by atoms with Gasteiger partial charge in [0.1, 0.15) is 5.82 Å². The third-order valence-electron chi connectivity index (χ3n) is 3.88. The number of aromatic nitrogens is 3. The summed E-state index contributed by atoms with van der Waals surface area (Å²) in [5.74, 6) is 1.93. The van der Waals surface area contributed by atoms with Crippen molar-refractivity contribution in [1.82, 2.24) is 14.8 Å². The van der Waals surface area contributed by atoms with Crippen molar-refractivity contribution in [3.63, 3.8) is 0 Å². The zero-order valence-electron chi connectivity index (χ0n) is 14.8. The predicted molar refractivity (Wildman–Crippen MR) is 110 cm³/mol. The van der Waals surface area contributed by atoms with Crippen molar-refractivity contribution in [2.45, 2.75) is 23.9 Å². The highest BCUT2D eigenvalue weighted by molar-refractivity contribution is 7.99. The highest BCUT2D eigenvalue weighted by Crippen LogP contribution is 2.20. The summed E-state index contributed by atoms with van der Waals surface area (Å²) in [6, 6.07) is 20.5. The van der Waals surface area contributed by atoms with E-state index in [1.807, 2.05) is 40.6 Å². The summed E-state index contributed by atoms with van der Waals surface area (Å²) in [4.78, 5) is 10.9. The van der Waals surface area contributed by atoms with Gasteiger partial charge < -0.3 is 9.67 Å². The second-order valence-electron chi connectivity index (χ2n) is 5.94. The van der Waals surface area contributed by atoms with Crippen molar-refractivity contribution in [3.8, 4) is 0 Å². The van der Waals surface area contributed by atoms with Crippen LogP contribution in [0.4, 0.5) is 0 Å². The van der Waals surface area contributed by atoms with Crippen molar-refractivity contribution in [3.05, 3.63) is 77.6 Å². The van der Waals surface area contributed by atoms with Gasteiger partial charge in [-0.25, -0.2) is 0 Å². The maximum Gasteiger partial charge on any atom is 0.313 e. The minimum Gasteiger partial charge on any atom is -0.481 e. The van der Waals surface area contributed by atoms with E-state index < -0.39 is 5.97 Å². The van der Waals surface area contributed by atoms with Gasteiger partial charge in [0.2, 0.25) is 0 Å². The first kappa shape index (κ1) is 19.5. The molecule has 7 heteroatoms. The fourth-order valence-electron chi connectivity index (χ4n) is 2.59. The first-order valence-electron chi connectivity index (χ1n) is 8.64. The van der Waals surface area contributed by atoms with Gasteiger partial charge >= 0.3 is 5.97 Å². The molecule has 0 unspecified atom stereocenters. The molecule has 27 heavy (non-hydrogen) atoms. The van der Waals surface area contributed by atoms with E-state index in [1.165, 1.54) is 17.3 Å². The van der Waals surface area contributed by atoms with Crippen LogP contribution < -0.4 is 0 Å². The fraction of sp³-hybridized carbons (Fsp3) is 0.250. The summed E-state index contributed by atoms with van der Waals surface area (Å²) in [5, 5.41) is 18.2. The molecule has 0 aliphatic carbocycles. The second-order valence-corrected chi connectivity index (χ2v) is 7.99. The molecule has 1 N–H and O–H groups in total. The van der Waals surface area contributed by atoms with Crippen LogP contribution in [0.5, 0.6) is 0 Å². The molecule has 0 aliphatic heterocycles. The SMILES string of the molecule is O=C(O)CSc1nnc(CCSCc2ccccc2)n1Cc1ccccc1. The van der Waals surface area contributed by atoms with Crippen LogP contribution in [0.15, 0.2) is 65.8 Å². The molecule has 0 aliphatic rings. The van der Waals surface area contributed by atoms with Gasteiger partial charge in [0.05, 0.1) is 12.3 Å². The van der Waals surface area contributed by atoms with Crippen LogP contribution in [0.1, 0.15) is 17.0 Å². The molecule has 0 spiro atoms. The number of aliphatic carboxylic acids is 1. The molecule has 0 fully saturated rings. The van der Waals surface area contributed by atoms with Gasteiger partial charge in [0.25, 0.3) is 0 Å². The molecule has 0 amide bonds. The van der Waals surface area contributed by atoms with Crippen molar-refractivity contribution >= 4 is 29.5 Å². The lowest BCUT2D eigenvalue weighted by Crippen LogP contribution is -2.09. The standard InChI is InChI=1S/C20H21N3O2S2/c24-19(25)15-27-20-22-21-18(23(20)13-16-7-3-1-4-8-16)11-12-26-14-17-9-5-2-6-10-17/h1-10H,11-15H2,(H,24,25). The van der Waals surface area contributed by atoms with Crippen molar-refractivity contribution in [1.29, 1.82) is 0 Å². The molecule has 1 heterocycles. The Bertz CT molecular complexity index is 854. The number of hydrogen-bond donors (Lipinski definition) is 1. The van der Waals surface area contributed by atoms with Crippen LogP contribution in [-0.4, -0.2) is 37.3 Å². The highest BCUT2D eigenvalue weighted by Gasteiger charge is 2.14. The third-order valence-corrected chi connectivity index (χ3v) is 5.87. The van der Waals surface area contributed by atoms with E-state index in [4.69, 9.17) is 5.11 Å². The normalized spacial score (nSPS) is 10.8. The number of benzene rings is 2. The van der Waals surface area contributed by atoms with Gasteiger partial charge in [-0.2, -0.15) is 11.8 Å². The Morgan fingerprint density at radius 3 is 2.30 bits per heavy atom. The maximum atomic E-state index is 10.9. The molecular formula is C20H21N3O2S2. The van der Waals surface area contributed by atoms with Crippen LogP contribution in [0, 0.1) is 0 Å². The molecule has 0 radical (unpaired) electrons. The van der Waals surface area contributed by atoms with E-state index in [9.17, 15) is 4.79 Å². The van der Waals surface area contributed by atoms with E-state index in [-0.39, 0.29) is 5.75 Å². The topological polar surface area (TPSA) is 68.0 Å². The lowest BCUT2D eigenvalue weighted by Gasteiger charge is -2.10. The average molecular weight is 400 g/mol. The molecule has 140 valence electrons. The number of nitrogens with zero attached hydrogens (tertiary/aromatic N) is 3. The Balaban J connectivity index is 1.64. The Hall–Kier alpha value is -2.25. The largest absolute Gasteiger partial charge is 0.481 e. The first-order chi connectivity index (χ1) is 13.2. The molecule has 2 aromatic carbocycles. The van der Waals surface area contributed by atoms with Crippen molar-refractivity contribution in [2.24, 2.45) is 0 Å². The van der Waals surface area contributed by atoms with Gasteiger partial charge in [-0.05, 0) is 11.1 Å². The van der Waals surface area contributed by atoms with E-state index in [0.717, 1.165) is 29.3 Å². The summed E-state index contributed by atoms with van der Waals surface area (Å²) in [6.07, 6.45) is 0.797. The highest BCUT2D eigenvalue weighted by atomic mass is 32.2. The van der Waals surface area contributed by atoms with Crippen LogP contribution >= 0.6 is 23.5 Å². The maximum absolute atomic E-state index is 10.9. The summed E-state index contributed by atoms with van der Waals surface area (Å²) in [7, 11) is 0. The first-order valence-corrected chi connectivity index (χ1v) is 10.8. The summed E-state index contributed by atoms with van der Waals surface area (Å²) < 4.78 is 2.03. The number of carboxylic acids is 1. The van der Waals surface area contributed by atoms with Gasteiger partial charge in [-0.15, -0.1) is 10.2 Å². The predicted octanol–water partition coefficient (Wildman–Crippen LogP) is 3.98. The second kappa shape index (κ2) is 10.2. The Morgan fingerprint density at radius 2 is 1.63 bits per heavy atom. The quantitative estimate of drug-likeness (QED) is 0.411. The zero-order chi connectivity index (χ0) is 18.9. The van der Waals surface area contributed by atoms with Crippen molar-refractivity contribution < 1.29 is 9.90 Å². The van der Waals surface area contributed by atoms with Crippen LogP contribution in [0.3, 0.4) is 0 Å². The minimum absolute atomic E-state index is 0.0182. The molecule has 3 rings (SSSR count). The van der Waals surface area contributed by atoms with E-state index in [0.29, 0.717) is 11.7 Å². The smallest absolute Gasteiger partial charge is 0.313 e. The Labute approximate surface area is 167 Å². The molecular weight excluding hydrogens is 378 g/mol. The van der Waals surface area contributed by atoms with Crippen LogP contribution in [-0.2, 0) is 23.5 Å². The zero-order valence-corrected chi connectivity index (χ0v) is 16.5. The van der Waals surface area contributed by atoms with Gasteiger partial charge in [0, 0.05) is 17.9 Å². The Morgan fingerprint density at radius 1 is 0.963 bits per heavy atom. The van der Waals surface area contributed by atoms with Gasteiger partial charge in [0.15, 0.2) is 5.16 Å². The average Bonchev–Trinajstić information content (AvgIpc) is 3.07. The molecule has 0 saturated carbocycles. The monoisotopic (exact) mass is 399 g/mol. The molecule has 3 aromatic rings. The number of rotatable bonds is 10. The molecule has 0 saturated heterocycles. The fourth-order valence-corrected chi connectivity index (χ4v) is 4.17. The molecule has 1 aromatic heterocycles. The summed E-state index contributed by atoms with van der Waals surface area (Å²) >= 11 is 3.08. The van der Waals surface area contributed by atoms with Gasteiger partial charge in [-0.3, -0.25) is 4.79 Å². The Kier molecular flexibility index (Phi) is 7.36. The van der Waals surface area contributed by atoms with Crippen molar-refractivity contribution in [2.75, 3.05) is 11.5 Å². The third kappa shape index (κ3) is 6.15. The number of carboxylic acid groups (broad SMARTS) is 1. The van der Waals surface area contributed by atoms with Crippen LogP contribution in [0.2, 0.25) is 0 Å². The number of aryl methyl sites for hydroxylation is 1. The minimum atomic E-state index is -0.853. The van der Waals surface area contributed by atoms with E-state index >= 15 is 0 Å². The van der Waals surface area contributed by atoms with E-state index in [2.05, 4.69) is 46.6 Å². The molecule has 5 nitrogen and oxygen atoms in total. The number of thioether (sulfide) groups is 2. The van der Waals surface area contributed by atoms with E-state index in [1.54, 1.807) is 0 Å². The molecule has 0 atom stereocenters. The number of carbonyl (C=O) groups is 1. The van der Waals surface area contributed by atoms with Crippen LogP contribution in [0.25, 0.3) is 0 Å². The van der Waals surface area contributed by atoms with Gasteiger partial charge in [-0.1, -0.05) is 72.4 Å².